The number of hydrogen-bond acceptors (Lipinski definition) is 8. The van der Waals surface area contributed by atoms with Gasteiger partial charge >= 0.3 is 0 Å². The fourth-order valence-corrected chi connectivity index (χ4v) is 4.92. The second-order valence-electron chi connectivity index (χ2n) is 9.01. The van der Waals surface area contributed by atoms with Crippen molar-refractivity contribution >= 4 is 43.9 Å². The molecule has 202 valence electrons. The highest BCUT2D eigenvalue weighted by Gasteiger charge is 2.23. The Kier molecular flexibility index (Phi) is 8.50. The zero-order valence-electron chi connectivity index (χ0n) is 21.6. The van der Waals surface area contributed by atoms with E-state index in [1.165, 1.54) is 7.11 Å². The van der Waals surface area contributed by atoms with Gasteiger partial charge in [-0.25, -0.2) is 8.42 Å². The van der Waals surface area contributed by atoms with Crippen molar-refractivity contribution in [2.45, 2.75) is 6.92 Å². The number of aryl methyl sites for hydroxylation is 1. The van der Waals surface area contributed by atoms with E-state index in [1.54, 1.807) is 43.3 Å². The fraction of sp³-hybridized carbons (Fsp3) is 0.333. The van der Waals surface area contributed by atoms with Crippen LogP contribution in [-0.4, -0.2) is 77.8 Å². The number of nitrogens with zero attached hydrogens (tertiary/aromatic N) is 1. The van der Waals surface area contributed by atoms with Gasteiger partial charge in [0.25, 0.3) is 11.7 Å². The van der Waals surface area contributed by atoms with Crippen molar-refractivity contribution in [3.05, 3.63) is 59.7 Å². The third-order valence-corrected chi connectivity index (χ3v) is 6.68. The summed E-state index contributed by atoms with van der Waals surface area (Å²) in [5, 5.41) is 3.89. The van der Waals surface area contributed by atoms with Crippen molar-refractivity contribution in [2.24, 2.45) is 0 Å². The Morgan fingerprint density at radius 3 is 2.39 bits per heavy atom. The summed E-state index contributed by atoms with van der Waals surface area (Å²) in [6.45, 7) is 6.13. The van der Waals surface area contributed by atoms with Crippen LogP contribution >= 0.6 is 0 Å². The van der Waals surface area contributed by atoms with Crippen molar-refractivity contribution in [3.8, 4) is 11.5 Å². The van der Waals surface area contributed by atoms with Crippen LogP contribution in [0.4, 0.5) is 11.4 Å². The number of amides is 1. The van der Waals surface area contributed by atoms with E-state index in [2.05, 4.69) is 14.9 Å². The van der Waals surface area contributed by atoms with Crippen molar-refractivity contribution in [1.29, 1.82) is 0 Å². The highest BCUT2D eigenvalue weighted by Crippen LogP contribution is 2.36. The van der Waals surface area contributed by atoms with Crippen LogP contribution in [0.3, 0.4) is 0 Å². The summed E-state index contributed by atoms with van der Waals surface area (Å²) in [5.41, 5.74) is 1.20. The number of anilines is 2. The molecule has 3 aromatic carbocycles. The molecule has 0 saturated carbocycles. The minimum absolute atomic E-state index is 0.0936. The van der Waals surface area contributed by atoms with E-state index in [1.807, 2.05) is 12.1 Å². The number of rotatable bonds is 10. The summed E-state index contributed by atoms with van der Waals surface area (Å²) >= 11 is 0. The number of carbonyl (C=O) groups is 2. The maximum absolute atomic E-state index is 13.3. The van der Waals surface area contributed by atoms with Crippen molar-refractivity contribution in [3.63, 3.8) is 0 Å². The number of ketones is 1. The maximum Gasteiger partial charge on any atom is 0.296 e. The van der Waals surface area contributed by atoms with Gasteiger partial charge in [-0.05, 0) is 42.1 Å². The lowest BCUT2D eigenvalue weighted by Gasteiger charge is -2.26. The molecule has 3 aromatic rings. The lowest BCUT2D eigenvalue weighted by Crippen LogP contribution is -2.38. The summed E-state index contributed by atoms with van der Waals surface area (Å²) in [5.74, 6) is -0.911. The van der Waals surface area contributed by atoms with Gasteiger partial charge in [0.15, 0.2) is 5.75 Å². The fourth-order valence-electron chi connectivity index (χ4n) is 4.37. The Bertz CT molecular complexity index is 1450. The molecule has 0 bridgehead atoms. The van der Waals surface area contributed by atoms with Crippen LogP contribution in [0.15, 0.2) is 48.5 Å². The van der Waals surface area contributed by atoms with Crippen LogP contribution in [0.25, 0.3) is 10.8 Å². The van der Waals surface area contributed by atoms with Crippen LogP contribution in [0, 0.1) is 6.92 Å². The molecule has 0 atom stereocenters. The standard InChI is InChI=1S/C27H31N3O7S/c1-18-16-22(26(35-2)23(17-18)29-38(3,33)34)28-27(32)25(31)21-8-9-24(20-7-5-4-6-19(20)21)37-15-12-30-10-13-36-14-11-30/h4-9,16-17,29H,10-15H2,1-3H3,(H,28,32). The lowest BCUT2D eigenvalue weighted by atomic mass is 10.00. The second-order valence-corrected chi connectivity index (χ2v) is 10.8. The molecule has 10 nitrogen and oxygen atoms in total. The first-order valence-electron chi connectivity index (χ1n) is 12.1. The zero-order valence-corrected chi connectivity index (χ0v) is 22.4. The second kappa shape index (κ2) is 11.8. The van der Waals surface area contributed by atoms with Gasteiger partial charge < -0.3 is 19.5 Å². The molecule has 0 spiro atoms. The summed E-state index contributed by atoms with van der Waals surface area (Å²) in [7, 11) is -2.25. The summed E-state index contributed by atoms with van der Waals surface area (Å²) in [4.78, 5) is 28.6. The van der Waals surface area contributed by atoms with Gasteiger partial charge in [-0.3, -0.25) is 19.2 Å². The molecule has 0 aromatic heterocycles. The SMILES string of the molecule is COc1c(NC(=O)C(=O)c2ccc(OCCN3CCOCC3)c3ccccc23)cc(C)cc1NS(C)(=O)=O. The average Bonchev–Trinajstić information content (AvgIpc) is 2.88. The molecule has 2 N–H and O–H groups in total. The molecule has 1 fully saturated rings. The number of hydrogen-bond donors (Lipinski definition) is 2. The number of methoxy groups -OCH3 is 1. The van der Waals surface area contributed by atoms with Crippen molar-refractivity contribution < 1.29 is 32.2 Å². The molecule has 1 aliphatic rings. The number of ether oxygens (including phenoxy) is 3. The molecule has 1 amide bonds. The predicted molar refractivity (Wildman–Crippen MR) is 146 cm³/mol. The van der Waals surface area contributed by atoms with Crippen LogP contribution in [0.1, 0.15) is 15.9 Å². The number of carbonyl (C=O) groups excluding carboxylic acids is 2. The molecule has 11 heteroatoms. The number of benzene rings is 3. The summed E-state index contributed by atoms with van der Waals surface area (Å²) in [6.07, 6.45) is 1.01. The minimum Gasteiger partial charge on any atom is -0.492 e. The van der Waals surface area contributed by atoms with E-state index in [-0.39, 0.29) is 22.7 Å². The Balaban J connectivity index is 1.55. The van der Waals surface area contributed by atoms with Crippen LogP contribution < -0.4 is 19.5 Å². The van der Waals surface area contributed by atoms with Crippen molar-refractivity contribution in [1.82, 2.24) is 4.90 Å². The van der Waals surface area contributed by atoms with E-state index in [9.17, 15) is 18.0 Å². The molecular weight excluding hydrogens is 510 g/mol. The van der Waals surface area contributed by atoms with E-state index < -0.39 is 21.7 Å². The highest BCUT2D eigenvalue weighted by atomic mass is 32.2. The Labute approximate surface area is 221 Å². The first-order valence-corrected chi connectivity index (χ1v) is 14.0. The molecular formula is C27H31N3O7S. The number of morpholine rings is 1. The molecule has 1 saturated heterocycles. The van der Waals surface area contributed by atoms with Crippen LogP contribution in [0.2, 0.25) is 0 Å². The zero-order chi connectivity index (χ0) is 27.3. The Morgan fingerprint density at radius 1 is 1.03 bits per heavy atom. The third kappa shape index (κ3) is 6.60. The van der Waals surface area contributed by atoms with E-state index >= 15 is 0 Å². The van der Waals surface area contributed by atoms with Crippen molar-refractivity contribution in [2.75, 3.05) is 62.9 Å². The quantitative estimate of drug-likeness (QED) is 0.297. The molecule has 0 radical (unpaired) electrons. The molecule has 4 rings (SSSR count). The maximum atomic E-state index is 13.3. The third-order valence-electron chi connectivity index (χ3n) is 6.08. The Hall–Kier alpha value is -3.67. The van der Waals surface area contributed by atoms with E-state index in [0.29, 0.717) is 36.5 Å². The highest BCUT2D eigenvalue weighted by molar-refractivity contribution is 7.92. The lowest BCUT2D eigenvalue weighted by molar-refractivity contribution is -0.112. The van der Waals surface area contributed by atoms with Gasteiger partial charge in [-0.15, -0.1) is 0 Å². The largest absolute Gasteiger partial charge is 0.492 e. The van der Waals surface area contributed by atoms with E-state index in [0.717, 1.165) is 31.3 Å². The number of sulfonamides is 1. The monoisotopic (exact) mass is 541 g/mol. The molecule has 1 aliphatic heterocycles. The van der Waals surface area contributed by atoms with E-state index in [4.69, 9.17) is 14.2 Å². The number of nitrogens with one attached hydrogen (secondary N) is 2. The summed E-state index contributed by atoms with van der Waals surface area (Å²) < 4.78 is 42.7. The van der Waals surface area contributed by atoms with Gasteiger partial charge in [-0.1, -0.05) is 24.3 Å². The van der Waals surface area contributed by atoms with Crippen LogP contribution in [-0.2, 0) is 19.6 Å². The molecule has 0 unspecified atom stereocenters. The first-order chi connectivity index (χ1) is 18.2. The van der Waals surface area contributed by atoms with Gasteiger partial charge in [0, 0.05) is 30.6 Å². The predicted octanol–water partition coefficient (Wildman–Crippen LogP) is 3.06. The van der Waals surface area contributed by atoms with Crippen LogP contribution in [0.5, 0.6) is 11.5 Å². The number of Topliss-reactive ketones (excluding diaryl/α,β-unsaturated/α-hetero) is 1. The summed E-state index contributed by atoms with van der Waals surface area (Å²) in [6, 6.07) is 13.7. The van der Waals surface area contributed by atoms with Gasteiger partial charge in [0.1, 0.15) is 12.4 Å². The molecule has 1 heterocycles. The normalized spacial score (nSPS) is 14.2. The molecule has 0 aliphatic carbocycles. The first kappa shape index (κ1) is 27.4. The van der Waals surface area contributed by atoms with Gasteiger partial charge in [-0.2, -0.15) is 0 Å². The number of fused-ring (bicyclic) bond motifs is 1. The smallest absolute Gasteiger partial charge is 0.296 e. The minimum atomic E-state index is -3.60. The topological polar surface area (TPSA) is 123 Å². The van der Waals surface area contributed by atoms with Gasteiger partial charge in [0.05, 0.1) is 38.0 Å². The molecule has 38 heavy (non-hydrogen) atoms. The van der Waals surface area contributed by atoms with Gasteiger partial charge in [0.2, 0.25) is 10.0 Å². The average molecular weight is 542 g/mol. The Morgan fingerprint density at radius 2 is 1.71 bits per heavy atom.